The van der Waals surface area contributed by atoms with Crippen molar-refractivity contribution >= 4 is 51.9 Å². The van der Waals surface area contributed by atoms with Crippen LogP contribution >= 0.6 is 23.1 Å². The highest BCUT2D eigenvalue weighted by Crippen LogP contribution is 2.34. The number of amides is 2. The van der Waals surface area contributed by atoms with Gasteiger partial charge in [-0.05, 0) is 25.8 Å². The molecule has 2 heterocycles. The lowest BCUT2D eigenvalue weighted by Gasteiger charge is -2.13. The number of ether oxygens (including phenoxy) is 2. The summed E-state index contributed by atoms with van der Waals surface area (Å²) >= 11 is 2.70. The Labute approximate surface area is 165 Å². The molecule has 8 nitrogen and oxygen atoms in total. The van der Waals surface area contributed by atoms with Crippen LogP contribution in [0.25, 0.3) is 0 Å². The molecule has 1 saturated heterocycles. The molecule has 0 atom stereocenters. The summed E-state index contributed by atoms with van der Waals surface area (Å²) in [6.45, 7) is 5.06. The fourth-order valence-corrected chi connectivity index (χ4v) is 4.62. The maximum absolute atomic E-state index is 12.2. The van der Waals surface area contributed by atoms with Gasteiger partial charge < -0.3 is 19.7 Å². The summed E-state index contributed by atoms with van der Waals surface area (Å²) in [7, 11) is 0. The maximum atomic E-state index is 12.2. The molecule has 10 heteroatoms. The minimum atomic E-state index is -0.650. The van der Waals surface area contributed by atoms with Gasteiger partial charge in [0, 0.05) is 4.88 Å². The van der Waals surface area contributed by atoms with E-state index in [4.69, 9.17) is 9.47 Å². The van der Waals surface area contributed by atoms with Gasteiger partial charge in [0.05, 0.1) is 23.8 Å². The van der Waals surface area contributed by atoms with Gasteiger partial charge in [-0.15, -0.1) is 23.1 Å². The number of nitrogens with zero attached hydrogens (tertiary/aromatic N) is 1. The Bertz CT molecular complexity index is 746. The first-order valence-corrected chi connectivity index (χ1v) is 10.4. The number of esters is 2. The van der Waals surface area contributed by atoms with E-state index in [2.05, 4.69) is 5.32 Å². The molecule has 0 unspecified atom stereocenters. The van der Waals surface area contributed by atoms with Crippen LogP contribution in [0.3, 0.4) is 0 Å². The summed E-state index contributed by atoms with van der Waals surface area (Å²) in [5.41, 5.74) is 1.18. The van der Waals surface area contributed by atoms with Gasteiger partial charge >= 0.3 is 11.9 Å². The number of carbonyl (C=O) groups is 4. The summed E-state index contributed by atoms with van der Waals surface area (Å²) < 4.78 is 10.0. The highest BCUT2D eigenvalue weighted by molar-refractivity contribution is 8.00. The van der Waals surface area contributed by atoms with Crippen molar-refractivity contribution in [1.82, 2.24) is 4.90 Å². The molecule has 1 aliphatic heterocycles. The molecule has 1 aliphatic rings. The largest absolute Gasteiger partial charge is 0.462 e. The van der Waals surface area contributed by atoms with Crippen LogP contribution < -0.4 is 5.32 Å². The fraction of sp³-hybridized carbons (Fsp3) is 0.529. The van der Waals surface area contributed by atoms with Crippen LogP contribution in [0.15, 0.2) is 0 Å². The molecule has 0 saturated carbocycles. The number of nitrogens with one attached hydrogen (secondary N) is 1. The van der Waals surface area contributed by atoms with Gasteiger partial charge in [-0.25, -0.2) is 4.79 Å². The van der Waals surface area contributed by atoms with E-state index in [-0.39, 0.29) is 19.1 Å². The summed E-state index contributed by atoms with van der Waals surface area (Å²) in [5, 5.41) is 3.00. The van der Waals surface area contributed by atoms with Crippen LogP contribution in [0.4, 0.5) is 5.00 Å². The molecule has 0 bridgehead atoms. The number of rotatable bonds is 8. The molecule has 2 rings (SSSR count). The monoisotopic (exact) mass is 414 g/mol. The Balaban J connectivity index is 1.96. The first-order valence-electron chi connectivity index (χ1n) is 8.47. The zero-order valence-corrected chi connectivity index (χ0v) is 17.1. The van der Waals surface area contributed by atoms with Crippen LogP contribution in [0.5, 0.6) is 0 Å². The van der Waals surface area contributed by atoms with Crippen LogP contribution in [0.1, 0.15) is 34.6 Å². The van der Waals surface area contributed by atoms with Crippen LogP contribution in [0, 0.1) is 6.92 Å². The first kappa shape index (κ1) is 21.2. The van der Waals surface area contributed by atoms with Gasteiger partial charge in [0.1, 0.15) is 11.5 Å². The second kappa shape index (κ2) is 9.75. The lowest BCUT2D eigenvalue weighted by molar-refractivity contribution is -0.150. The zero-order chi connectivity index (χ0) is 20.0. The molecule has 1 aromatic heterocycles. The maximum Gasteiger partial charge on any atom is 0.341 e. The lowest BCUT2D eigenvalue weighted by Crippen LogP contribution is -2.33. The second-order valence-corrected chi connectivity index (χ2v) is 7.87. The fourth-order valence-electron chi connectivity index (χ4n) is 2.56. The molecule has 148 valence electrons. The topological polar surface area (TPSA) is 102 Å². The van der Waals surface area contributed by atoms with E-state index < -0.39 is 24.5 Å². The molecular formula is C17H22N2O6S2. The van der Waals surface area contributed by atoms with Crippen molar-refractivity contribution in [2.45, 2.75) is 27.2 Å². The molecule has 1 aromatic rings. The van der Waals surface area contributed by atoms with E-state index in [0.717, 1.165) is 10.4 Å². The van der Waals surface area contributed by atoms with E-state index in [1.807, 2.05) is 13.8 Å². The van der Waals surface area contributed by atoms with Crippen molar-refractivity contribution < 1.29 is 28.7 Å². The third-order valence-corrected chi connectivity index (χ3v) is 5.81. The van der Waals surface area contributed by atoms with Gasteiger partial charge in [-0.3, -0.25) is 14.4 Å². The zero-order valence-electron chi connectivity index (χ0n) is 15.5. The summed E-state index contributed by atoms with van der Waals surface area (Å²) in [6, 6.07) is 0. The third kappa shape index (κ3) is 5.46. The van der Waals surface area contributed by atoms with Crippen molar-refractivity contribution in [1.29, 1.82) is 0 Å². The number of carbonyl (C=O) groups excluding carboxylic acids is 4. The molecule has 0 aromatic carbocycles. The van der Waals surface area contributed by atoms with Crippen molar-refractivity contribution in [2.75, 3.05) is 36.7 Å². The minimum absolute atomic E-state index is 0.123. The Morgan fingerprint density at radius 1 is 1.22 bits per heavy atom. The highest BCUT2D eigenvalue weighted by Gasteiger charge is 2.25. The van der Waals surface area contributed by atoms with E-state index >= 15 is 0 Å². The van der Waals surface area contributed by atoms with E-state index in [1.165, 1.54) is 28.0 Å². The Hall–Kier alpha value is -2.07. The summed E-state index contributed by atoms with van der Waals surface area (Å²) in [4.78, 5) is 49.9. The van der Waals surface area contributed by atoms with E-state index in [0.29, 0.717) is 28.6 Å². The van der Waals surface area contributed by atoms with Gasteiger partial charge in [0.25, 0.3) is 5.91 Å². The number of hydrogen-bond acceptors (Lipinski definition) is 8. The Morgan fingerprint density at radius 2 is 1.96 bits per heavy atom. The first-order chi connectivity index (χ1) is 12.9. The molecule has 0 aliphatic carbocycles. The van der Waals surface area contributed by atoms with Crippen molar-refractivity contribution in [3.05, 3.63) is 16.0 Å². The Kier molecular flexibility index (Phi) is 7.66. The number of anilines is 1. The van der Waals surface area contributed by atoms with Crippen molar-refractivity contribution in [3.8, 4) is 0 Å². The minimum Gasteiger partial charge on any atom is -0.462 e. The normalized spacial score (nSPS) is 13.6. The number of hydrogen-bond donors (Lipinski definition) is 1. The number of thioether (sulfide) groups is 1. The van der Waals surface area contributed by atoms with Gasteiger partial charge in [0.15, 0.2) is 6.61 Å². The SMILES string of the molecule is CCOC(=O)c1c(NC(=O)COC(=O)CN2CSCC2=O)sc(C)c1CC. The van der Waals surface area contributed by atoms with Gasteiger partial charge in [0.2, 0.25) is 5.91 Å². The molecule has 0 radical (unpaired) electrons. The smallest absolute Gasteiger partial charge is 0.341 e. The van der Waals surface area contributed by atoms with Crippen LogP contribution in [0.2, 0.25) is 0 Å². The number of aryl methyl sites for hydroxylation is 1. The molecular weight excluding hydrogens is 392 g/mol. The average Bonchev–Trinajstić information content (AvgIpc) is 3.15. The predicted octanol–water partition coefficient (Wildman–Crippen LogP) is 1.81. The second-order valence-electron chi connectivity index (χ2n) is 5.69. The lowest BCUT2D eigenvalue weighted by atomic mass is 10.1. The van der Waals surface area contributed by atoms with Gasteiger partial charge in [-0.2, -0.15) is 0 Å². The number of thiophene rings is 1. The average molecular weight is 415 g/mol. The summed E-state index contributed by atoms with van der Waals surface area (Å²) in [5.74, 6) is -1.03. The molecule has 1 fully saturated rings. The van der Waals surface area contributed by atoms with E-state index in [1.54, 1.807) is 6.92 Å². The van der Waals surface area contributed by atoms with Crippen LogP contribution in [-0.2, 0) is 30.3 Å². The highest BCUT2D eigenvalue weighted by atomic mass is 32.2. The molecule has 2 amide bonds. The third-order valence-electron chi connectivity index (χ3n) is 3.80. The quantitative estimate of drug-likeness (QED) is 0.647. The van der Waals surface area contributed by atoms with Crippen LogP contribution in [-0.4, -0.2) is 60.0 Å². The van der Waals surface area contributed by atoms with E-state index in [9.17, 15) is 19.2 Å². The van der Waals surface area contributed by atoms with Gasteiger partial charge in [-0.1, -0.05) is 6.92 Å². The molecule has 1 N–H and O–H groups in total. The predicted molar refractivity (Wildman–Crippen MR) is 103 cm³/mol. The van der Waals surface area contributed by atoms with Crippen molar-refractivity contribution in [2.24, 2.45) is 0 Å². The van der Waals surface area contributed by atoms with Crippen molar-refractivity contribution in [3.63, 3.8) is 0 Å². The molecule has 0 spiro atoms. The standard InChI is InChI=1S/C17H22N2O6S2/c1-4-11-10(3)27-16(15(11)17(23)24-5-2)18-12(20)7-25-14(22)6-19-9-26-8-13(19)21/h4-9H2,1-3H3,(H,18,20). The Morgan fingerprint density at radius 3 is 2.56 bits per heavy atom. The molecule has 27 heavy (non-hydrogen) atoms. The summed E-state index contributed by atoms with van der Waals surface area (Å²) in [6.07, 6.45) is 0.628.